The second-order valence-corrected chi connectivity index (χ2v) is 12.9. The summed E-state index contributed by atoms with van der Waals surface area (Å²) in [5, 5.41) is 6.84. The van der Waals surface area contributed by atoms with Crippen molar-refractivity contribution in [3.8, 4) is 0 Å². The van der Waals surface area contributed by atoms with Crippen molar-refractivity contribution in [2.75, 3.05) is 0 Å². The van der Waals surface area contributed by atoms with Crippen molar-refractivity contribution in [1.29, 1.82) is 0 Å². The molecular weight excluding hydrogens is 324 g/mol. The summed E-state index contributed by atoms with van der Waals surface area (Å²) in [7, 11) is -2.36. The quantitative estimate of drug-likeness (QED) is 0.432. The van der Waals surface area contributed by atoms with Crippen molar-refractivity contribution in [3.63, 3.8) is 0 Å². The standard InChI is InChI=1S/C17H32N2O4Si/c1-12(2)24(13(3)4,14(5)6)23-17(21)19-18-16(20)22-15-10-8-7-9-11-15/h12-15H,7-11H2,1-6H3/b19-18+. The summed E-state index contributed by atoms with van der Waals surface area (Å²) < 4.78 is 11.0. The van der Waals surface area contributed by atoms with E-state index in [0.717, 1.165) is 25.7 Å². The molecule has 0 spiro atoms. The van der Waals surface area contributed by atoms with Gasteiger partial charge in [-0.15, -0.1) is 0 Å². The summed E-state index contributed by atoms with van der Waals surface area (Å²) in [6.45, 7) is 12.5. The van der Waals surface area contributed by atoms with E-state index in [1.54, 1.807) is 0 Å². The van der Waals surface area contributed by atoms with Crippen molar-refractivity contribution in [1.82, 2.24) is 0 Å². The van der Waals surface area contributed by atoms with Gasteiger partial charge in [-0.3, -0.25) is 0 Å². The molecule has 0 N–H and O–H groups in total. The highest BCUT2D eigenvalue weighted by molar-refractivity contribution is 6.78. The van der Waals surface area contributed by atoms with E-state index in [0.29, 0.717) is 0 Å². The Morgan fingerprint density at radius 3 is 1.75 bits per heavy atom. The largest absolute Gasteiger partial charge is 0.500 e. The first kappa shape index (κ1) is 20.8. The van der Waals surface area contributed by atoms with E-state index in [1.807, 2.05) is 0 Å². The normalized spacial score (nSPS) is 17.0. The maximum Gasteiger partial charge on any atom is 0.452 e. The Kier molecular flexibility index (Phi) is 8.06. The Hall–Kier alpha value is -1.24. The minimum absolute atomic E-state index is 0.100. The first-order valence-electron chi connectivity index (χ1n) is 9.05. The van der Waals surface area contributed by atoms with Crippen LogP contribution in [0.2, 0.25) is 16.6 Å². The first-order chi connectivity index (χ1) is 11.2. The maximum absolute atomic E-state index is 12.1. The number of carbonyl (C=O) groups excluding carboxylic acids is 2. The number of carbonyl (C=O) groups is 2. The second-order valence-electron chi connectivity index (χ2n) is 7.53. The van der Waals surface area contributed by atoms with Crippen molar-refractivity contribution < 1.29 is 18.8 Å². The molecule has 0 aromatic rings. The van der Waals surface area contributed by atoms with E-state index in [2.05, 4.69) is 51.8 Å². The number of nitrogens with zero attached hydrogens (tertiary/aromatic N) is 2. The van der Waals surface area contributed by atoms with E-state index in [9.17, 15) is 9.59 Å². The van der Waals surface area contributed by atoms with Crippen LogP contribution < -0.4 is 0 Å². The number of hydrogen-bond donors (Lipinski definition) is 0. The van der Waals surface area contributed by atoms with Crippen molar-refractivity contribution in [2.45, 2.75) is 96.4 Å². The summed E-state index contributed by atoms with van der Waals surface area (Å²) in [4.78, 5) is 23.8. The zero-order valence-corrected chi connectivity index (χ0v) is 16.9. The van der Waals surface area contributed by atoms with Crippen molar-refractivity contribution >= 4 is 20.5 Å². The van der Waals surface area contributed by atoms with Gasteiger partial charge in [-0.05, 0) is 42.3 Å². The maximum atomic E-state index is 12.1. The number of amides is 2. The van der Waals surface area contributed by atoms with Gasteiger partial charge in [0.1, 0.15) is 6.10 Å². The highest BCUT2D eigenvalue weighted by Crippen LogP contribution is 2.42. The van der Waals surface area contributed by atoms with Crippen molar-refractivity contribution in [3.05, 3.63) is 0 Å². The first-order valence-corrected chi connectivity index (χ1v) is 11.2. The van der Waals surface area contributed by atoms with Gasteiger partial charge in [0.15, 0.2) is 0 Å². The lowest BCUT2D eigenvalue weighted by atomic mass is 9.98. The average molecular weight is 357 g/mol. The Labute approximate surface area is 146 Å². The second kappa shape index (κ2) is 9.29. The van der Waals surface area contributed by atoms with Gasteiger partial charge in [0.2, 0.25) is 0 Å². The van der Waals surface area contributed by atoms with E-state index in [-0.39, 0.29) is 22.7 Å². The molecule has 0 radical (unpaired) electrons. The monoisotopic (exact) mass is 356 g/mol. The van der Waals surface area contributed by atoms with Crippen LogP contribution in [0, 0.1) is 0 Å². The van der Waals surface area contributed by atoms with Crippen LogP contribution >= 0.6 is 0 Å². The fourth-order valence-corrected chi connectivity index (χ4v) is 9.01. The molecule has 0 saturated heterocycles. The molecule has 7 heteroatoms. The van der Waals surface area contributed by atoms with Crippen LogP contribution in [0.3, 0.4) is 0 Å². The van der Waals surface area contributed by atoms with E-state index in [4.69, 9.17) is 9.16 Å². The van der Waals surface area contributed by atoms with Gasteiger partial charge in [0.05, 0.1) is 0 Å². The number of rotatable bonds is 5. The smallest absolute Gasteiger partial charge is 0.452 e. The highest BCUT2D eigenvalue weighted by Gasteiger charge is 2.48. The van der Waals surface area contributed by atoms with Gasteiger partial charge in [-0.2, -0.15) is 0 Å². The van der Waals surface area contributed by atoms with Crippen LogP contribution in [0.1, 0.15) is 73.6 Å². The molecule has 0 bridgehead atoms. The average Bonchev–Trinajstić information content (AvgIpc) is 2.50. The summed E-state index contributed by atoms with van der Waals surface area (Å²) in [5.74, 6) is 0. The summed E-state index contributed by atoms with van der Waals surface area (Å²) in [5.41, 5.74) is 0.766. The molecule has 1 fully saturated rings. The molecule has 1 rings (SSSR count). The molecule has 0 unspecified atom stereocenters. The third kappa shape index (κ3) is 5.39. The van der Waals surface area contributed by atoms with Gasteiger partial charge in [0, 0.05) is 0 Å². The molecule has 24 heavy (non-hydrogen) atoms. The lowest BCUT2D eigenvalue weighted by molar-refractivity contribution is 0.0816. The Bertz CT molecular complexity index is 436. The van der Waals surface area contributed by atoms with E-state index in [1.165, 1.54) is 6.42 Å². The molecular formula is C17H32N2O4Si. The molecule has 1 aliphatic carbocycles. The zero-order chi connectivity index (χ0) is 18.3. The molecule has 1 saturated carbocycles. The Morgan fingerprint density at radius 2 is 1.29 bits per heavy atom. The topological polar surface area (TPSA) is 77.3 Å². The lowest BCUT2D eigenvalue weighted by Crippen LogP contribution is -2.48. The van der Waals surface area contributed by atoms with Gasteiger partial charge in [-0.1, -0.05) is 58.2 Å². The van der Waals surface area contributed by atoms with E-state index >= 15 is 0 Å². The van der Waals surface area contributed by atoms with Gasteiger partial charge >= 0.3 is 12.2 Å². The SMILES string of the molecule is CC(C)[Si](OC(=O)/N=N/C(=O)OC1CCCCC1)(C(C)C)C(C)C. The van der Waals surface area contributed by atoms with Crippen LogP contribution in [-0.4, -0.2) is 26.6 Å². The van der Waals surface area contributed by atoms with Crippen molar-refractivity contribution in [2.24, 2.45) is 10.2 Å². The highest BCUT2D eigenvalue weighted by atomic mass is 28.4. The molecule has 2 amide bonds. The fraction of sp³-hybridized carbons (Fsp3) is 0.882. The summed E-state index contributed by atoms with van der Waals surface area (Å²) >= 11 is 0. The predicted octanol–water partition coefficient (Wildman–Crippen LogP) is 6.22. The van der Waals surface area contributed by atoms with Crippen LogP contribution in [-0.2, 0) is 9.16 Å². The third-order valence-corrected chi connectivity index (χ3v) is 10.9. The van der Waals surface area contributed by atoms with Gasteiger partial charge in [0.25, 0.3) is 8.32 Å². The minimum atomic E-state index is -2.36. The third-order valence-electron chi connectivity index (χ3n) is 5.00. The predicted molar refractivity (Wildman–Crippen MR) is 95.7 cm³/mol. The summed E-state index contributed by atoms with van der Waals surface area (Å²) in [6, 6.07) is 0. The van der Waals surface area contributed by atoms with Crippen LogP contribution in [0.4, 0.5) is 9.59 Å². The number of azo groups is 1. The fourth-order valence-electron chi connectivity index (χ4n) is 3.96. The van der Waals surface area contributed by atoms with Crippen LogP contribution in [0.25, 0.3) is 0 Å². The molecule has 0 heterocycles. The zero-order valence-electron chi connectivity index (χ0n) is 15.9. The van der Waals surface area contributed by atoms with Crippen LogP contribution in [0.5, 0.6) is 0 Å². The molecule has 138 valence electrons. The van der Waals surface area contributed by atoms with Crippen LogP contribution in [0.15, 0.2) is 10.2 Å². The molecule has 0 aromatic carbocycles. The van der Waals surface area contributed by atoms with Gasteiger partial charge < -0.3 is 9.16 Å². The Morgan fingerprint density at radius 1 is 0.833 bits per heavy atom. The van der Waals surface area contributed by atoms with Gasteiger partial charge in [-0.25, -0.2) is 9.59 Å². The molecule has 0 aromatic heterocycles. The molecule has 6 nitrogen and oxygen atoms in total. The molecule has 0 atom stereocenters. The lowest BCUT2D eigenvalue weighted by Gasteiger charge is -2.40. The van der Waals surface area contributed by atoms with E-state index < -0.39 is 20.5 Å². The summed E-state index contributed by atoms with van der Waals surface area (Å²) in [6.07, 6.45) is 3.32. The Balaban J connectivity index is 2.66. The minimum Gasteiger partial charge on any atom is -0.500 e. The number of ether oxygens (including phenoxy) is 1. The molecule has 1 aliphatic rings. The number of hydrogen-bond acceptors (Lipinski definition) is 4. The molecule has 0 aliphatic heterocycles.